The second-order valence-corrected chi connectivity index (χ2v) is 10.7. The lowest BCUT2D eigenvalue weighted by Crippen LogP contribution is -2.68. The molecule has 174 valence electrons. The summed E-state index contributed by atoms with van der Waals surface area (Å²) in [6.45, 7) is 1.44. The highest BCUT2D eigenvalue weighted by Crippen LogP contribution is 2.40. The number of anilines is 1. The van der Waals surface area contributed by atoms with Gasteiger partial charge in [-0.25, -0.2) is 21.2 Å². The minimum absolute atomic E-state index is 0.0275. The number of pyridine rings is 2. The van der Waals surface area contributed by atoms with E-state index in [-0.39, 0.29) is 17.8 Å². The second-order valence-electron chi connectivity index (χ2n) is 8.86. The molecular formula is C24H21F2N5O2S. The van der Waals surface area contributed by atoms with Gasteiger partial charge in [-0.05, 0) is 43.8 Å². The predicted octanol–water partition coefficient (Wildman–Crippen LogP) is 3.51. The van der Waals surface area contributed by atoms with E-state index < -0.39 is 26.6 Å². The summed E-state index contributed by atoms with van der Waals surface area (Å²) < 4.78 is 58.2. The van der Waals surface area contributed by atoms with Gasteiger partial charge < -0.3 is 9.80 Å². The van der Waals surface area contributed by atoms with Gasteiger partial charge in [0, 0.05) is 54.7 Å². The molecule has 2 bridgehead atoms. The van der Waals surface area contributed by atoms with Gasteiger partial charge in [-0.1, -0.05) is 6.07 Å². The average molecular weight is 482 g/mol. The molecule has 0 radical (unpaired) electrons. The molecule has 0 spiro atoms. The minimum Gasteiger partial charge on any atom is -0.358 e. The molecule has 2 atom stereocenters. The van der Waals surface area contributed by atoms with Crippen LogP contribution in [0.3, 0.4) is 0 Å². The summed E-state index contributed by atoms with van der Waals surface area (Å²) in [5, 5.41) is 0.618. The van der Waals surface area contributed by atoms with Crippen LogP contribution in [0.25, 0.3) is 22.2 Å². The van der Waals surface area contributed by atoms with Crippen LogP contribution in [-0.4, -0.2) is 59.5 Å². The van der Waals surface area contributed by atoms with Gasteiger partial charge in [-0.2, -0.15) is 0 Å². The fraction of sp³-hybridized carbons (Fsp3) is 0.250. The monoisotopic (exact) mass is 481 g/mol. The molecule has 0 N–H and O–H groups in total. The molecule has 3 fully saturated rings. The quantitative estimate of drug-likeness (QED) is 0.444. The maximum atomic E-state index is 15.2. The lowest BCUT2D eigenvalue weighted by atomic mass is 9.87. The van der Waals surface area contributed by atoms with Gasteiger partial charge >= 0.3 is 0 Å². The van der Waals surface area contributed by atoms with Gasteiger partial charge in [0.05, 0.1) is 22.3 Å². The molecule has 7 nitrogen and oxygen atoms in total. The molecule has 0 amide bonds. The van der Waals surface area contributed by atoms with Crippen LogP contribution in [-0.2, 0) is 10.0 Å². The van der Waals surface area contributed by atoms with E-state index in [4.69, 9.17) is 0 Å². The Morgan fingerprint density at radius 3 is 2.44 bits per heavy atom. The van der Waals surface area contributed by atoms with Crippen LogP contribution < -0.4 is 4.90 Å². The number of nitrogens with zero attached hydrogens (tertiary/aromatic N) is 5. The van der Waals surface area contributed by atoms with E-state index in [1.807, 2.05) is 13.1 Å². The number of aromatic nitrogens is 3. The maximum absolute atomic E-state index is 15.2. The third-order valence-corrected chi connectivity index (χ3v) is 8.37. The molecule has 3 aromatic heterocycles. The third kappa shape index (κ3) is 3.13. The standard InChI is InChI=1S/C24H21F2N5O2S/c1-29-13-15-8-16(14-29)31(15)24-20(25)9-17(10-21(24)26)34(32,33)30-7-5-18-19(11-27-12-23(18)30)22-4-2-3-6-28-22/h2-7,9-12,15-16H,8,13-14H2,1H3. The number of hydrogen-bond acceptors (Lipinski definition) is 6. The Kier molecular flexibility index (Phi) is 4.72. The van der Waals surface area contributed by atoms with Crippen LogP contribution in [0, 0.1) is 11.6 Å². The molecule has 4 aromatic rings. The number of rotatable bonds is 4. The Labute approximate surface area is 195 Å². The van der Waals surface area contributed by atoms with Crippen LogP contribution in [0.1, 0.15) is 6.42 Å². The van der Waals surface area contributed by atoms with Gasteiger partial charge in [0.25, 0.3) is 10.0 Å². The average Bonchev–Trinajstić information content (AvgIpc) is 3.26. The predicted molar refractivity (Wildman–Crippen MR) is 124 cm³/mol. The molecule has 3 aliphatic heterocycles. The zero-order valence-corrected chi connectivity index (χ0v) is 19.1. The van der Waals surface area contributed by atoms with E-state index in [1.165, 1.54) is 12.4 Å². The molecule has 10 heteroatoms. The topological polar surface area (TPSA) is 71.3 Å². The summed E-state index contributed by atoms with van der Waals surface area (Å²) in [5.41, 5.74) is 1.45. The van der Waals surface area contributed by atoms with E-state index in [2.05, 4.69) is 14.9 Å². The van der Waals surface area contributed by atoms with Gasteiger partial charge in [0.15, 0.2) is 11.6 Å². The Morgan fingerprint density at radius 2 is 1.76 bits per heavy atom. The van der Waals surface area contributed by atoms with Crippen molar-refractivity contribution in [2.45, 2.75) is 23.4 Å². The van der Waals surface area contributed by atoms with E-state index >= 15 is 8.78 Å². The molecule has 6 heterocycles. The van der Waals surface area contributed by atoms with Gasteiger partial charge in [-0.3, -0.25) is 9.97 Å². The summed E-state index contributed by atoms with van der Waals surface area (Å²) in [5.74, 6) is -1.75. The Balaban J connectivity index is 1.41. The van der Waals surface area contributed by atoms with Crippen LogP contribution in [0.5, 0.6) is 0 Å². The first-order valence-electron chi connectivity index (χ1n) is 10.9. The fourth-order valence-electron chi connectivity index (χ4n) is 5.21. The van der Waals surface area contributed by atoms with Crippen molar-refractivity contribution in [2.75, 3.05) is 25.0 Å². The van der Waals surface area contributed by atoms with Gasteiger partial charge in [-0.15, -0.1) is 0 Å². The smallest absolute Gasteiger partial charge is 0.268 e. The summed E-state index contributed by atoms with van der Waals surface area (Å²) in [6.07, 6.45) is 6.91. The number of likely N-dealkylation sites (N-methyl/N-ethyl adjacent to an activating group) is 1. The highest BCUT2D eigenvalue weighted by atomic mass is 32.2. The van der Waals surface area contributed by atoms with Crippen molar-refractivity contribution in [2.24, 2.45) is 0 Å². The molecule has 0 aliphatic carbocycles. The maximum Gasteiger partial charge on any atom is 0.268 e. The number of fused-ring (bicyclic) bond motifs is 3. The summed E-state index contributed by atoms with van der Waals surface area (Å²) >= 11 is 0. The molecule has 7 rings (SSSR count). The lowest BCUT2D eigenvalue weighted by Gasteiger charge is -2.57. The van der Waals surface area contributed by atoms with Crippen molar-refractivity contribution in [1.82, 2.24) is 18.8 Å². The van der Waals surface area contributed by atoms with E-state index in [0.717, 1.165) is 35.6 Å². The van der Waals surface area contributed by atoms with Crippen LogP contribution in [0.2, 0.25) is 0 Å². The first kappa shape index (κ1) is 21.2. The number of hydrogen-bond donors (Lipinski definition) is 0. The minimum atomic E-state index is -4.28. The molecule has 3 saturated heterocycles. The molecule has 34 heavy (non-hydrogen) atoms. The lowest BCUT2D eigenvalue weighted by molar-refractivity contribution is 0.137. The van der Waals surface area contributed by atoms with Crippen molar-refractivity contribution in [3.05, 3.63) is 72.8 Å². The van der Waals surface area contributed by atoms with E-state index in [0.29, 0.717) is 22.2 Å². The molecule has 0 saturated carbocycles. The van der Waals surface area contributed by atoms with E-state index in [1.54, 1.807) is 35.5 Å². The van der Waals surface area contributed by atoms with E-state index in [9.17, 15) is 8.42 Å². The van der Waals surface area contributed by atoms with Crippen LogP contribution in [0.15, 0.2) is 66.1 Å². The van der Waals surface area contributed by atoms with Crippen molar-refractivity contribution < 1.29 is 17.2 Å². The SMILES string of the molecule is CN1CC2CC(C1)N2c1c(F)cc(S(=O)(=O)n2ccc3c(-c4ccccn4)cncc32)cc1F. The molecule has 1 aromatic carbocycles. The number of benzene rings is 1. The molecule has 2 unspecified atom stereocenters. The van der Waals surface area contributed by atoms with Gasteiger partial charge in [0.1, 0.15) is 5.69 Å². The zero-order valence-electron chi connectivity index (χ0n) is 18.3. The second kappa shape index (κ2) is 7.57. The van der Waals surface area contributed by atoms with Crippen LogP contribution in [0.4, 0.5) is 14.5 Å². The van der Waals surface area contributed by atoms with Crippen molar-refractivity contribution in [3.8, 4) is 11.3 Å². The van der Waals surface area contributed by atoms with Crippen LogP contribution >= 0.6 is 0 Å². The highest BCUT2D eigenvalue weighted by Gasteiger charge is 2.45. The Bertz CT molecular complexity index is 1490. The summed E-state index contributed by atoms with van der Waals surface area (Å²) in [7, 11) is -2.29. The Morgan fingerprint density at radius 1 is 1.03 bits per heavy atom. The highest BCUT2D eigenvalue weighted by molar-refractivity contribution is 7.90. The number of piperazine rings is 1. The Hall–Kier alpha value is -3.37. The third-order valence-electron chi connectivity index (χ3n) is 6.70. The normalized spacial score (nSPS) is 20.5. The molecule has 3 aliphatic rings. The summed E-state index contributed by atoms with van der Waals surface area (Å²) in [4.78, 5) is 11.9. The van der Waals surface area contributed by atoms with Crippen molar-refractivity contribution >= 4 is 26.6 Å². The largest absolute Gasteiger partial charge is 0.358 e. The first-order valence-corrected chi connectivity index (χ1v) is 12.4. The summed E-state index contributed by atoms with van der Waals surface area (Å²) in [6, 6.07) is 8.92. The zero-order chi connectivity index (χ0) is 23.6. The van der Waals surface area contributed by atoms with Gasteiger partial charge in [0.2, 0.25) is 0 Å². The van der Waals surface area contributed by atoms with Crippen molar-refractivity contribution in [3.63, 3.8) is 0 Å². The fourth-order valence-corrected chi connectivity index (χ4v) is 6.56. The molecular weight excluding hydrogens is 460 g/mol. The first-order chi connectivity index (χ1) is 16.3. The number of halogens is 2. The van der Waals surface area contributed by atoms with Crippen molar-refractivity contribution in [1.29, 1.82) is 0 Å². The number of piperidine rings is 1.